The van der Waals surface area contributed by atoms with Crippen LogP contribution in [-0.2, 0) is 100 Å². The van der Waals surface area contributed by atoms with E-state index in [0.717, 1.165) is 51.4 Å². The molecule has 0 aliphatic heterocycles. The number of unbranched alkanes of at least 4 members (excludes halogenated alkanes) is 24. The average Bonchev–Trinajstić information content (AvgIpc) is 3.66. The Bertz CT molecular complexity index is 2080. The minimum absolute atomic E-state index is 0.0669. The first kappa shape index (κ1) is 86.5. The molecule has 0 aliphatic rings. The van der Waals surface area contributed by atoms with Gasteiger partial charge in [0.25, 0.3) is 0 Å². The lowest BCUT2D eigenvalue weighted by Gasteiger charge is -2.18. The second kappa shape index (κ2) is 60.5. The molecule has 6 N–H and O–H groups in total. The van der Waals surface area contributed by atoms with Crippen LogP contribution < -0.4 is 0 Å². The molecular formula is C66H110O27. The van der Waals surface area contributed by atoms with E-state index in [-0.39, 0.29) is 130 Å². The van der Waals surface area contributed by atoms with Crippen LogP contribution in [0.4, 0.5) is 0 Å². The highest BCUT2D eigenvalue weighted by molar-refractivity contribution is 5.73. The van der Waals surface area contributed by atoms with E-state index in [1.54, 1.807) is 0 Å². The number of rotatable bonds is 65. The van der Waals surface area contributed by atoms with E-state index in [2.05, 4.69) is 0 Å². The second-order valence-electron chi connectivity index (χ2n) is 23.3. The number of aliphatic carboxylic acids is 3. The van der Waals surface area contributed by atoms with E-state index in [4.69, 9.17) is 58.0 Å². The summed E-state index contributed by atoms with van der Waals surface area (Å²) in [5, 5.41) is 56.3. The smallest absolute Gasteiger partial charge is 0.306 e. The molecule has 0 bridgehead atoms. The third-order valence-electron chi connectivity index (χ3n) is 14.4. The van der Waals surface area contributed by atoms with Crippen molar-refractivity contribution in [2.24, 2.45) is 0 Å². The molecule has 4 atom stereocenters. The largest absolute Gasteiger partial charge is 0.481 e. The van der Waals surface area contributed by atoms with E-state index >= 15 is 0 Å². The molecule has 0 saturated heterocycles. The van der Waals surface area contributed by atoms with Gasteiger partial charge in [0.2, 0.25) is 0 Å². The molecule has 536 valence electrons. The molecule has 0 aliphatic carbocycles. The number of hydrogen-bond acceptors (Lipinski definition) is 24. The van der Waals surface area contributed by atoms with Gasteiger partial charge >= 0.3 is 71.6 Å². The van der Waals surface area contributed by atoms with Gasteiger partial charge in [-0.1, -0.05) is 116 Å². The maximum Gasteiger partial charge on any atom is 0.306 e. The van der Waals surface area contributed by atoms with Crippen molar-refractivity contribution >= 4 is 71.6 Å². The van der Waals surface area contributed by atoms with Crippen LogP contribution in [-0.4, -0.2) is 180 Å². The lowest BCUT2D eigenvalue weighted by Crippen LogP contribution is -2.30. The Balaban J connectivity index is 4.29. The van der Waals surface area contributed by atoms with Gasteiger partial charge < -0.3 is 73.3 Å². The zero-order valence-electron chi connectivity index (χ0n) is 54.9. The Morgan fingerprint density at radius 1 is 0.194 bits per heavy atom. The summed E-state index contributed by atoms with van der Waals surface area (Å²) in [5.74, 6) is -7.15. The maximum absolute atomic E-state index is 12.7. The predicted octanol–water partition coefficient (Wildman–Crippen LogP) is 8.96. The van der Waals surface area contributed by atoms with Gasteiger partial charge in [-0.05, 0) is 77.0 Å². The van der Waals surface area contributed by atoms with Crippen molar-refractivity contribution < 1.29 is 131 Å². The maximum atomic E-state index is 12.7. The molecule has 4 unspecified atom stereocenters. The van der Waals surface area contributed by atoms with Crippen LogP contribution in [0.1, 0.15) is 270 Å². The predicted molar refractivity (Wildman–Crippen MR) is 332 cm³/mol. The van der Waals surface area contributed by atoms with Crippen LogP contribution in [0.3, 0.4) is 0 Å². The quantitative estimate of drug-likeness (QED) is 0.0188. The number of carbonyl (C=O) groups excluding carboxylic acids is 9. The molecular weight excluding hydrogens is 1220 g/mol. The summed E-state index contributed by atoms with van der Waals surface area (Å²) in [6.07, 6.45) is 16.4. The number of esters is 9. The molecule has 0 heterocycles. The Hall–Kier alpha value is -6.48. The fourth-order valence-electron chi connectivity index (χ4n) is 9.02. The first-order valence-corrected chi connectivity index (χ1v) is 33.8. The van der Waals surface area contributed by atoms with E-state index in [1.165, 1.54) is 0 Å². The first-order valence-electron chi connectivity index (χ1n) is 33.8. The fourth-order valence-corrected chi connectivity index (χ4v) is 9.02. The van der Waals surface area contributed by atoms with Gasteiger partial charge in [-0.15, -0.1) is 0 Å². The monoisotopic (exact) mass is 1330 g/mol. The van der Waals surface area contributed by atoms with E-state index in [1.807, 2.05) is 0 Å². The summed E-state index contributed by atoms with van der Waals surface area (Å²) >= 11 is 0. The number of carboxylic acid groups (broad SMARTS) is 3. The van der Waals surface area contributed by atoms with Gasteiger partial charge in [0.05, 0.1) is 0 Å². The first-order chi connectivity index (χ1) is 44.6. The molecule has 93 heavy (non-hydrogen) atoms. The van der Waals surface area contributed by atoms with Gasteiger partial charge in [-0.2, -0.15) is 0 Å². The van der Waals surface area contributed by atoms with Crippen LogP contribution >= 0.6 is 0 Å². The highest BCUT2D eigenvalue weighted by Crippen LogP contribution is 2.16. The van der Waals surface area contributed by atoms with Crippen LogP contribution in [0.5, 0.6) is 0 Å². The topological polar surface area (TPSA) is 409 Å². The van der Waals surface area contributed by atoms with Gasteiger partial charge in [0.15, 0.2) is 6.10 Å². The standard InChI is InChI=1S/C66H110O27/c67-51(43-85-58(76)34-22-10-1-7-19-31-55(70)71)45-87-60(78)36-24-12-4-13-25-37-61(79)88-47-53(69)48-90-63(81)39-27-15-6-17-29-41-65(83)92-50-54(93-66(84)42-30-18-3-9-21-33-57(74)75)49-91-64(82)40-28-16-5-14-26-38-62(80)89-46-52(68)44-86-59(77)35-23-11-2-8-20-32-56(72)73/h51-54,67-69H,1-50H2,(H,70,71)(H,72,73)(H,74,75). The number of ether oxygens (including phenoxy) is 9. The normalized spacial score (nSPS) is 12.3. The van der Waals surface area contributed by atoms with Crippen molar-refractivity contribution in [2.45, 2.75) is 294 Å². The summed E-state index contributed by atoms with van der Waals surface area (Å²) < 4.78 is 46.7. The number of aliphatic hydroxyl groups excluding tert-OH is 3. The SMILES string of the molecule is O=C(O)CCCCCCCC(=O)OCC(O)COC(=O)CCCCCCCC(=O)OCC(O)COC(=O)CCCCCCCC(=O)OCC(COC(=O)CCCCCCCC(=O)OCC(O)COC(=O)CCCCCCCC(=O)O)OC(=O)CCCCCCCC(=O)O. The van der Waals surface area contributed by atoms with Crippen molar-refractivity contribution in [1.82, 2.24) is 0 Å². The number of hydrogen-bond donors (Lipinski definition) is 6. The molecule has 27 nitrogen and oxygen atoms in total. The summed E-state index contributed by atoms with van der Waals surface area (Å²) in [5.41, 5.74) is 0. The molecule has 0 aromatic heterocycles. The van der Waals surface area contributed by atoms with Gasteiger partial charge in [-0.25, -0.2) is 0 Å². The zero-order valence-corrected chi connectivity index (χ0v) is 54.9. The lowest BCUT2D eigenvalue weighted by molar-refractivity contribution is -0.167. The van der Waals surface area contributed by atoms with E-state index in [0.29, 0.717) is 141 Å². The molecule has 0 aromatic carbocycles. The van der Waals surface area contributed by atoms with Crippen LogP contribution in [0.15, 0.2) is 0 Å². The zero-order chi connectivity index (χ0) is 69.0. The molecule has 0 amide bonds. The Morgan fingerprint density at radius 2 is 0.333 bits per heavy atom. The number of carboxylic acids is 3. The third kappa shape index (κ3) is 62.7. The van der Waals surface area contributed by atoms with Gasteiger partial charge in [0, 0.05) is 77.0 Å². The van der Waals surface area contributed by atoms with Crippen molar-refractivity contribution in [3.8, 4) is 0 Å². The number of carbonyl (C=O) groups is 12. The summed E-state index contributed by atoms with van der Waals surface area (Å²) in [6.45, 7) is -2.57. The van der Waals surface area contributed by atoms with Crippen molar-refractivity contribution in [3.05, 3.63) is 0 Å². The second-order valence-corrected chi connectivity index (χ2v) is 23.3. The summed E-state index contributed by atoms with van der Waals surface area (Å²) in [7, 11) is 0. The van der Waals surface area contributed by atoms with E-state index in [9.17, 15) is 72.9 Å². The molecule has 27 heteroatoms. The van der Waals surface area contributed by atoms with Gasteiger partial charge in [0.1, 0.15) is 71.2 Å². The highest BCUT2D eigenvalue weighted by atomic mass is 16.6. The third-order valence-corrected chi connectivity index (χ3v) is 14.4. The summed E-state index contributed by atoms with van der Waals surface area (Å²) in [6, 6.07) is 0. The minimum atomic E-state index is -1.20. The number of aliphatic hydroxyl groups is 3. The lowest BCUT2D eigenvalue weighted by atomic mass is 10.1. The highest BCUT2D eigenvalue weighted by Gasteiger charge is 2.21. The molecule has 0 spiro atoms. The molecule has 0 radical (unpaired) electrons. The van der Waals surface area contributed by atoms with Gasteiger partial charge in [-0.3, -0.25) is 57.5 Å². The molecule has 0 fully saturated rings. The van der Waals surface area contributed by atoms with Crippen LogP contribution in [0.25, 0.3) is 0 Å². The molecule has 0 saturated carbocycles. The van der Waals surface area contributed by atoms with Crippen LogP contribution in [0.2, 0.25) is 0 Å². The van der Waals surface area contributed by atoms with Crippen molar-refractivity contribution in [2.75, 3.05) is 52.9 Å². The summed E-state index contributed by atoms with van der Waals surface area (Å²) in [4.78, 5) is 142. The van der Waals surface area contributed by atoms with Crippen LogP contribution in [0, 0.1) is 0 Å². The van der Waals surface area contributed by atoms with E-state index < -0.39 is 96.0 Å². The fraction of sp³-hybridized carbons (Fsp3) is 0.818. The Kier molecular flexibility index (Phi) is 56.2. The molecule has 0 aromatic rings. The average molecular weight is 1340 g/mol. The molecule has 0 rings (SSSR count). The Morgan fingerprint density at radius 3 is 0.505 bits per heavy atom. The Labute approximate surface area is 547 Å². The van der Waals surface area contributed by atoms with Crippen molar-refractivity contribution in [3.63, 3.8) is 0 Å². The van der Waals surface area contributed by atoms with Crippen molar-refractivity contribution in [1.29, 1.82) is 0 Å². The minimum Gasteiger partial charge on any atom is -0.481 e.